The monoisotopic (exact) mass is 339 g/mol. The second-order valence-electron chi connectivity index (χ2n) is 6.89. The van der Waals surface area contributed by atoms with Crippen LogP contribution in [0.5, 0.6) is 0 Å². The second-order valence-corrected chi connectivity index (χ2v) is 6.89. The molecule has 24 heavy (non-hydrogen) atoms. The van der Waals surface area contributed by atoms with Crippen molar-refractivity contribution in [2.24, 2.45) is 5.92 Å². The first kappa shape index (κ1) is 18.5. The summed E-state index contributed by atoms with van der Waals surface area (Å²) in [6.45, 7) is 0.443. The lowest BCUT2D eigenvalue weighted by Gasteiger charge is -2.22. The lowest BCUT2D eigenvalue weighted by molar-refractivity contribution is -0.142. The molecule has 0 aromatic carbocycles. The zero-order valence-electron chi connectivity index (χ0n) is 14.2. The molecule has 2 atom stereocenters. The third-order valence-electron chi connectivity index (χ3n) is 4.99. The molecule has 2 saturated carbocycles. The van der Waals surface area contributed by atoms with Crippen molar-refractivity contribution in [1.29, 1.82) is 0 Å². The molecule has 0 heterocycles. The van der Waals surface area contributed by atoms with Crippen molar-refractivity contribution in [2.45, 2.75) is 76.3 Å². The van der Waals surface area contributed by atoms with Gasteiger partial charge in [0.05, 0.1) is 5.92 Å². The molecular formula is C17H29N3O4. The summed E-state index contributed by atoms with van der Waals surface area (Å²) >= 11 is 0. The molecule has 136 valence electrons. The number of aliphatic carboxylic acids is 1. The van der Waals surface area contributed by atoms with E-state index in [2.05, 4.69) is 16.0 Å². The Balaban J connectivity index is 1.55. The molecule has 7 heteroatoms. The Morgan fingerprint density at radius 1 is 0.917 bits per heavy atom. The average Bonchev–Trinajstić information content (AvgIpc) is 3.01. The molecule has 7 nitrogen and oxygen atoms in total. The van der Waals surface area contributed by atoms with Gasteiger partial charge in [0, 0.05) is 25.0 Å². The predicted octanol–water partition coefficient (Wildman–Crippen LogP) is 1.77. The molecule has 0 bridgehead atoms. The van der Waals surface area contributed by atoms with Crippen LogP contribution in [0.3, 0.4) is 0 Å². The summed E-state index contributed by atoms with van der Waals surface area (Å²) in [5.41, 5.74) is 0. The number of amides is 3. The molecule has 2 aliphatic carbocycles. The van der Waals surface area contributed by atoms with Gasteiger partial charge in [0.1, 0.15) is 0 Å². The highest BCUT2D eigenvalue weighted by molar-refractivity contribution is 5.78. The van der Waals surface area contributed by atoms with Crippen molar-refractivity contribution in [2.75, 3.05) is 6.54 Å². The molecule has 2 rings (SSSR count). The van der Waals surface area contributed by atoms with Crippen molar-refractivity contribution in [3.8, 4) is 0 Å². The normalized spacial score (nSPS) is 24.3. The molecule has 0 radical (unpaired) electrons. The van der Waals surface area contributed by atoms with Crippen LogP contribution in [0.25, 0.3) is 0 Å². The van der Waals surface area contributed by atoms with Crippen LogP contribution in [-0.2, 0) is 9.59 Å². The highest BCUT2D eigenvalue weighted by Gasteiger charge is 2.33. The number of hydrogen-bond acceptors (Lipinski definition) is 3. The highest BCUT2D eigenvalue weighted by atomic mass is 16.4. The smallest absolute Gasteiger partial charge is 0.315 e. The number of rotatable bonds is 7. The van der Waals surface area contributed by atoms with E-state index in [-0.39, 0.29) is 24.0 Å². The first-order chi connectivity index (χ1) is 11.6. The van der Waals surface area contributed by atoms with Crippen molar-refractivity contribution in [3.05, 3.63) is 0 Å². The molecule has 2 aliphatic rings. The fraction of sp³-hybridized carbons (Fsp3) is 0.824. The third-order valence-corrected chi connectivity index (χ3v) is 4.99. The summed E-state index contributed by atoms with van der Waals surface area (Å²) in [7, 11) is 0. The van der Waals surface area contributed by atoms with E-state index in [0.29, 0.717) is 25.8 Å². The number of nitrogens with one attached hydrogen (secondary N) is 3. The Kier molecular flexibility index (Phi) is 7.34. The molecule has 0 saturated heterocycles. The van der Waals surface area contributed by atoms with Gasteiger partial charge < -0.3 is 21.1 Å². The van der Waals surface area contributed by atoms with Gasteiger partial charge in [-0.15, -0.1) is 0 Å². The Morgan fingerprint density at radius 2 is 1.67 bits per heavy atom. The number of urea groups is 1. The maximum atomic E-state index is 11.9. The molecule has 0 spiro atoms. The molecule has 4 N–H and O–H groups in total. The van der Waals surface area contributed by atoms with Crippen LogP contribution >= 0.6 is 0 Å². The van der Waals surface area contributed by atoms with E-state index in [0.717, 1.165) is 25.7 Å². The summed E-state index contributed by atoms with van der Waals surface area (Å²) in [6.07, 6.45) is 8.72. The van der Waals surface area contributed by atoms with Crippen LogP contribution in [0.1, 0.15) is 64.2 Å². The van der Waals surface area contributed by atoms with E-state index in [4.69, 9.17) is 5.11 Å². The van der Waals surface area contributed by atoms with Gasteiger partial charge in [0.2, 0.25) is 5.91 Å². The fourth-order valence-corrected chi connectivity index (χ4v) is 3.64. The van der Waals surface area contributed by atoms with E-state index in [1.54, 1.807) is 0 Å². The van der Waals surface area contributed by atoms with Crippen LogP contribution in [0.2, 0.25) is 0 Å². The predicted molar refractivity (Wildman–Crippen MR) is 89.5 cm³/mol. The third kappa shape index (κ3) is 6.02. The Bertz CT molecular complexity index is 449. The minimum Gasteiger partial charge on any atom is -0.481 e. The van der Waals surface area contributed by atoms with Crippen LogP contribution in [0.15, 0.2) is 0 Å². The molecule has 0 aliphatic heterocycles. The van der Waals surface area contributed by atoms with Crippen LogP contribution in [0, 0.1) is 5.92 Å². The van der Waals surface area contributed by atoms with Gasteiger partial charge >= 0.3 is 12.0 Å². The summed E-state index contributed by atoms with van der Waals surface area (Å²) in [5, 5.41) is 17.7. The van der Waals surface area contributed by atoms with Gasteiger partial charge in [-0.3, -0.25) is 9.59 Å². The van der Waals surface area contributed by atoms with E-state index in [9.17, 15) is 14.4 Å². The van der Waals surface area contributed by atoms with E-state index in [1.807, 2.05) is 0 Å². The molecule has 0 aromatic heterocycles. The van der Waals surface area contributed by atoms with E-state index in [1.165, 1.54) is 19.3 Å². The summed E-state index contributed by atoms with van der Waals surface area (Å²) < 4.78 is 0. The SMILES string of the molecule is O=C(CCCNC(=O)NC1CCCCC1)N[C@H]1CCC[C@H]1C(=O)O. The fourth-order valence-electron chi connectivity index (χ4n) is 3.64. The Hall–Kier alpha value is -1.79. The van der Waals surface area contributed by atoms with Crippen molar-refractivity contribution in [3.63, 3.8) is 0 Å². The van der Waals surface area contributed by atoms with E-state index >= 15 is 0 Å². The zero-order chi connectivity index (χ0) is 17.4. The number of carbonyl (C=O) groups is 3. The lowest BCUT2D eigenvalue weighted by atomic mass is 9.96. The molecule has 2 fully saturated rings. The minimum absolute atomic E-state index is 0.136. The van der Waals surface area contributed by atoms with Crippen molar-refractivity contribution < 1.29 is 19.5 Å². The van der Waals surface area contributed by atoms with Gasteiger partial charge in [-0.1, -0.05) is 25.7 Å². The summed E-state index contributed by atoms with van der Waals surface area (Å²) in [4.78, 5) is 34.7. The Morgan fingerprint density at radius 3 is 2.38 bits per heavy atom. The maximum Gasteiger partial charge on any atom is 0.315 e. The number of carboxylic acid groups (broad SMARTS) is 1. The zero-order valence-corrected chi connectivity index (χ0v) is 14.2. The first-order valence-electron chi connectivity index (χ1n) is 9.13. The van der Waals surface area contributed by atoms with Crippen LogP contribution in [-0.4, -0.2) is 41.6 Å². The van der Waals surface area contributed by atoms with Crippen molar-refractivity contribution >= 4 is 17.9 Å². The number of hydrogen-bond donors (Lipinski definition) is 4. The number of carboxylic acids is 1. The first-order valence-corrected chi connectivity index (χ1v) is 9.13. The van der Waals surface area contributed by atoms with Crippen LogP contribution in [0.4, 0.5) is 4.79 Å². The van der Waals surface area contributed by atoms with Crippen LogP contribution < -0.4 is 16.0 Å². The van der Waals surface area contributed by atoms with Gasteiger partial charge in [-0.05, 0) is 32.1 Å². The van der Waals surface area contributed by atoms with Crippen molar-refractivity contribution in [1.82, 2.24) is 16.0 Å². The minimum atomic E-state index is -0.834. The molecule has 0 unspecified atom stereocenters. The van der Waals surface area contributed by atoms with Gasteiger partial charge in [0.25, 0.3) is 0 Å². The molecule has 0 aromatic rings. The summed E-state index contributed by atoms with van der Waals surface area (Å²) in [6, 6.07) is -0.140. The quantitative estimate of drug-likeness (QED) is 0.530. The average molecular weight is 339 g/mol. The standard InChI is InChI=1S/C17H29N3O4/c21-15(20-14-9-4-8-13(14)16(22)23)10-5-11-18-17(24)19-12-6-2-1-3-7-12/h12-14H,1-11H2,(H,20,21)(H,22,23)(H2,18,19,24)/t13-,14+/m1/s1. The maximum absolute atomic E-state index is 11.9. The molecular weight excluding hydrogens is 310 g/mol. The number of carbonyl (C=O) groups excluding carboxylic acids is 2. The lowest BCUT2D eigenvalue weighted by Crippen LogP contribution is -2.43. The second kappa shape index (κ2) is 9.49. The topological polar surface area (TPSA) is 108 Å². The largest absolute Gasteiger partial charge is 0.481 e. The van der Waals surface area contributed by atoms with Gasteiger partial charge in [0.15, 0.2) is 0 Å². The highest BCUT2D eigenvalue weighted by Crippen LogP contribution is 2.25. The Labute approximate surface area is 142 Å². The van der Waals surface area contributed by atoms with Gasteiger partial charge in [-0.2, -0.15) is 0 Å². The van der Waals surface area contributed by atoms with E-state index < -0.39 is 11.9 Å². The summed E-state index contributed by atoms with van der Waals surface area (Å²) in [5.74, 6) is -1.44. The molecule has 3 amide bonds. The van der Waals surface area contributed by atoms with Gasteiger partial charge in [-0.25, -0.2) is 4.79 Å².